The molecule has 112 valence electrons. The van der Waals surface area contributed by atoms with E-state index in [-0.39, 0.29) is 28.8 Å². The summed E-state index contributed by atoms with van der Waals surface area (Å²) < 4.78 is 11.0. The van der Waals surface area contributed by atoms with Crippen LogP contribution in [0.15, 0.2) is 40.6 Å². The lowest BCUT2D eigenvalue weighted by atomic mass is 10.1. The summed E-state index contributed by atoms with van der Waals surface area (Å²) in [6, 6.07) is 7.57. The fraction of sp³-hybridized carbons (Fsp3) is 0.0625. The van der Waals surface area contributed by atoms with Crippen LogP contribution in [-0.4, -0.2) is 23.1 Å². The Labute approximate surface area is 134 Å². The van der Waals surface area contributed by atoms with Gasteiger partial charge in [-0.2, -0.15) is 0 Å². The van der Waals surface area contributed by atoms with Crippen LogP contribution in [0, 0.1) is 0 Å². The van der Waals surface area contributed by atoms with Crippen LogP contribution in [0.2, 0.25) is 0 Å². The van der Waals surface area contributed by atoms with Crippen LogP contribution < -0.4 is 9.47 Å². The molecule has 3 rings (SSSR count). The number of ketones is 1. The molecular formula is C16H11BrO5. The van der Waals surface area contributed by atoms with Crippen molar-refractivity contribution in [3.63, 3.8) is 0 Å². The molecule has 0 bridgehead atoms. The van der Waals surface area contributed by atoms with E-state index in [1.54, 1.807) is 18.2 Å². The summed E-state index contributed by atoms with van der Waals surface area (Å²) in [5.74, 6) is 0.486. The summed E-state index contributed by atoms with van der Waals surface area (Å²) in [6.45, 7) is 0. The molecule has 0 spiro atoms. The number of aromatic hydroxyl groups is 2. The maximum absolute atomic E-state index is 12.3. The number of phenols is 2. The molecule has 0 unspecified atom stereocenters. The fourth-order valence-corrected chi connectivity index (χ4v) is 2.62. The maximum atomic E-state index is 12.3. The Morgan fingerprint density at radius 2 is 2.00 bits per heavy atom. The smallest absolute Gasteiger partial charge is 0.231 e. The van der Waals surface area contributed by atoms with Crippen LogP contribution >= 0.6 is 15.9 Å². The summed E-state index contributed by atoms with van der Waals surface area (Å²) >= 11 is 3.22. The highest BCUT2D eigenvalue weighted by Gasteiger charge is 2.27. The van der Waals surface area contributed by atoms with Gasteiger partial charge in [-0.05, 0) is 51.8 Å². The molecule has 1 aliphatic rings. The minimum Gasteiger partial charge on any atom is -0.508 e. The lowest BCUT2D eigenvalue weighted by Gasteiger charge is -2.07. The van der Waals surface area contributed by atoms with E-state index in [1.807, 2.05) is 0 Å². The number of rotatable bonds is 2. The predicted molar refractivity (Wildman–Crippen MR) is 83.4 cm³/mol. The van der Waals surface area contributed by atoms with Crippen molar-refractivity contribution in [3.8, 4) is 23.0 Å². The molecule has 0 fully saturated rings. The fourth-order valence-electron chi connectivity index (χ4n) is 2.16. The normalized spacial score (nSPS) is 14.8. The van der Waals surface area contributed by atoms with E-state index < -0.39 is 0 Å². The van der Waals surface area contributed by atoms with Crippen molar-refractivity contribution in [2.75, 3.05) is 7.11 Å². The van der Waals surface area contributed by atoms with Gasteiger partial charge < -0.3 is 19.7 Å². The summed E-state index contributed by atoms with van der Waals surface area (Å²) in [5, 5.41) is 19.2. The van der Waals surface area contributed by atoms with Crippen molar-refractivity contribution < 1.29 is 24.5 Å². The summed E-state index contributed by atoms with van der Waals surface area (Å²) in [5.41, 5.74) is 1.02. The molecule has 22 heavy (non-hydrogen) atoms. The molecular weight excluding hydrogens is 352 g/mol. The van der Waals surface area contributed by atoms with E-state index in [4.69, 9.17) is 9.47 Å². The average Bonchev–Trinajstić information content (AvgIpc) is 2.78. The topological polar surface area (TPSA) is 76.0 Å². The summed E-state index contributed by atoms with van der Waals surface area (Å²) in [7, 11) is 1.44. The summed E-state index contributed by atoms with van der Waals surface area (Å²) in [4.78, 5) is 12.3. The monoisotopic (exact) mass is 362 g/mol. The number of Topliss-reactive ketones (excluding diaryl/α,β-unsaturated/α-hetero) is 1. The third-order valence-corrected chi connectivity index (χ3v) is 3.83. The van der Waals surface area contributed by atoms with Crippen LogP contribution in [0.1, 0.15) is 15.9 Å². The number of ether oxygens (including phenoxy) is 2. The molecule has 2 aromatic rings. The Kier molecular flexibility index (Phi) is 3.54. The van der Waals surface area contributed by atoms with Gasteiger partial charge in [0.15, 0.2) is 17.3 Å². The number of hydrogen-bond acceptors (Lipinski definition) is 5. The van der Waals surface area contributed by atoms with Crippen molar-refractivity contribution in [3.05, 3.63) is 51.7 Å². The molecule has 0 amide bonds. The number of hydrogen-bond donors (Lipinski definition) is 2. The standard InChI is InChI=1S/C16H11BrO5/c1-21-13-5-8(4-11(17)16(13)20)6-14-15(19)10-3-2-9(18)7-12(10)22-14/h2-7,18,20H,1H3/b14-6+. The van der Waals surface area contributed by atoms with Gasteiger partial charge in [0.1, 0.15) is 11.5 Å². The molecule has 2 N–H and O–H groups in total. The van der Waals surface area contributed by atoms with Crippen LogP contribution in [0.3, 0.4) is 0 Å². The number of halogens is 1. The van der Waals surface area contributed by atoms with Crippen molar-refractivity contribution in [2.45, 2.75) is 0 Å². The lowest BCUT2D eigenvalue weighted by Crippen LogP contribution is -1.98. The van der Waals surface area contributed by atoms with E-state index in [0.717, 1.165) is 0 Å². The lowest BCUT2D eigenvalue weighted by molar-refractivity contribution is 0.101. The van der Waals surface area contributed by atoms with E-state index in [0.29, 0.717) is 21.3 Å². The Hall–Kier alpha value is -2.47. The van der Waals surface area contributed by atoms with Gasteiger partial charge in [-0.15, -0.1) is 0 Å². The molecule has 5 nitrogen and oxygen atoms in total. The first kappa shape index (κ1) is 14.5. The minimum absolute atomic E-state index is 0.0171. The van der Waals surface area contributed by atoms with Crippen LogP contribution in [0.4, 0.5) is 0 Å². The van der Waals surface area contributed by atoms with Crippen molar-refractivity contribution >= 4 is 27.8 Å². The zero-order chi connectivity index (χ0) is 15.9. The highest BCUT2D eigenvalue weighted by atomic mass is 79.9. The third-order valence-electron chi connectivity index (χ3n) is 3.22. The maximum Gasteiger partial charge on any atom is 0.231 e. The Balaban J connectivity index is 2.01. The van der Waals surface area contributed by atoms with Crippen LogP contribution in [-0.2, 0) is 0 Å². The van der Waals surface area contributed by atoms with E-state index >= 15 is 0 Å². The second-order valence-corrected chi connectivity index (χ2v) is 5.53. The third kappa shape index (κ3) is 2.42. The molecule has 0 saturated carbocycles. The molecule has 0 saturated heterocycles. The second kappa shape index (κ2) is 5.38. The highest BCUT2D eigenvalue weighted by molar-refractivity contribution is 9.10. The Bertz CT molecular complexity index is 810. The van der Waals surface area contributed by atoms with Crippen molar-refractivity contribution in [1.82, 2.24) is 0 Å². The first-order chi connectivity index (χ1) is 10.5. The first-order valence-corrected chi connectivity index (χ1v) is 7.12. The van der Waals surface area contributed by atoms with Gasteiger partial charge in [0.25, 0.3) is 0 Å². The number of fused-ring (bicyclic) bond motifs is 1. The number of methoxy groups -OCH3 is 1. The van der Waals surface area contributed by atoms with Gasteiger partial charge >= 0.3 is 0 Å². The summed E-state index contributed by atoms with van der Waals surface area (Å²) in [6.07, 6.45) is 1.55. The molecule has 1 heterocycles. The van der Waals surface area contributed by atoms with Gasteiger partial charge in [-0.3, -0.25) is 4.79 Å². The molecule has 2 aromatic carbocycles. The van der Waals surface area contributed by atoms with Crippen LogP contribution in [0.5, 0.6) is 23.0 Å². The van der Waals surface area contributed by atoms with Crippen molar-refractivity contribution in [1.29, 1.82) is 0 Å². The quantitative estimate of drug-likeness (QED) is 0.799. The van der Waals surface area contributed by atoms with Crippen LogP contribution in [0.25, 0.3) is 6.08 Å². The SMILES string of the molecule is COc1cc(/C=C2/Oc3cc(O)ccc3C2=O)cc(Br)c1O. The van der Waals surface area contributed by atoms with Gasteiger partial charge in [-0.25, -0.2) is 0 Å². The number of allylic oxidation sites excluding steroid dienone is 1. The van der Waals surface area contributed by atoms with E-state index in [1.165, 1.54) is 25.3 Å². The zero-order valence-electron chi connectivity index (χ0n) is 11.5. The number of phenolic OH excluding ortho intramolecular Hbond substituents is 2. The molecule has 0 aliphatic carbocycles. The van der Waals surface area contributed by atoms with Gasteiger partial charge in [-0.1, -0.05) is 0 Å². The average molecular weight is 363 g/mol. The number of carbonyl (C=O) groups is 1. The van der Waals surface area contributed by atoms with Gasteiger partial charge in [0.2, 0.25) is 5.78 Å². The van der Waals surface area contributed by atoms with E-state index in [2.05, 4.69) is 15.9 Å². The highest BCUT2D eigenvalue weighted by Crippen LogP contribution is 2.38. The van der Waals surface area contributed by atoms with Crippen molar-refractivity contribution in [2.24, 2.45) is 0 Å². The molecule has 0 radical (unpaired) electrons. The number of carbonyl (C=O) groups excluding carboxylic acids is 1. The first-order valence-electron chi connectivity index (χ1n) is 6.33. The molecule has 6 heteroatoms. The zero-order valence-corrected chi connectivity index (χ0v) is 13.0. The molecule has 0 aromatic heterocycles. The van der Waals surface area contributed by atoms with Gasteiger partial charge in [0, 0.05) is 6.07 Å². The minimum atomic E-state index is -0.266. The number of benzene rings is 2. The predicted octanol–water partition coefficient (Wildman–Crippen LogP) is 3.49. The van der Waals surface area contributed by atoms with E-state index in [9.17, 15) is 15.0 Å². The molecule has 1 aliphatic heterocycles. The Morgan fingerprint density at radius 1 is 1.23 bits per heavy atom. The second-order valence-electron chi connectivity index (χ2n) is 4.67. The Morgan fingerprint density at radius 3 is 2.73 bits per heavy atom. The molecule has 0 atom stereocenters. The van der Waals surface area contributed by atoms with Gasteiger partial charge in [0.05, 0.1) is 17.1 Å². The largest absolute Gasteiger partial charge is 0.508 e.